The summed E-state index contributed by atoms with van der Waals surface area (Å²) in [7, 11) is 1.76. The number of anilines is 2. The lowest BCUT2D eigenvalue weighted by atomic mass is 9.95. The van der Waals surface area contributed by atoms with Crippen LogP contribution in [0.1, 0.15) is 30.7 Å². The second kappa shape index (κ2) is 8.66. The van der Waals surface area contributed by atoms with E-state index in [2.05, 4.69) is 57.6 Å². The van der Waals surface area contributed by atoms with E-state index >= 15 is 0 Å². The molecule has 1 saturated heterocycles. The maximum absolute atomic E-state index is 5.52. The van der Waals surface area contributed by atoms with Gasteiger partial charge < -0.3 is 15.0 Å². The maximum Gasteiger partial charge on any atom is 0.142 e. The number of piperazine rings is 1. The van der Waals surface area contributed by atoms with Gasteiger partial charge in [-0.1, -0.05) is 36.8 Å². The highest BCUT2D eigenvalue weighted by Crippen LogP contribution is 2.34. The Kier molecular flexibility index (Phi) is 5.83. The first-order valence-corrected chi connectivity index (χ1v) is 10.3. The molecule has 144 valence electrons. The van der Waals surface area contributed by atoms with E-state index < -0.39 is 0 Å². The van der Waals surface area contributed by atoms with E-state index in [1.807, 2.05) is 6.07 Å². The molecule has 2 aliphatic rings. The lowest BCUT2D eigenvalue weighted by molar-refractivity contribution is 0.251. The Morgan fingerprint density at radius 3 is 2.59 bits per heavy atom. The molecule has 4 nitrogen and oxygen atoms in total. The van der Waals surface area contributed by atoms with Gasteiger partial charge in [-0.3, -0.25) is 4.90 Å². The largest absolute Gasteiger partial charge is 0.495 e. The van der Waals surface area contributed by atoms with Gasteiger partial charge in [-0.05, 0) is 43.1 Å². The molecule has 4 rings (SSSR count). The SMILES string of the molecule is COc1ccccc1N1CCN(CCCCC2CNc3ccccc32)CC1. The van der Waals surface area contributed by atoms with Gasteiger partial charge in [0.05, 0.1) is 12.8 Å². The molecule has 2 aromatic carbocycles. The van der Waals surface area contributed by atoms with E-state index in [-0.39, 0.29) is 0 Å². The number of rotatable bonds is 7. The van der Waals surface area contributed by atoms with Gasteiger partial charge in [-0.25, -0.2) is 0 Å². The zero-order valence-electron chi connectivity index (χ0n) is 16.4. The number of nitrogens with one attached hydrogen (secondary N) is 1. The molecule has 1 unspecified atom stereocenters. The second-order valence-electron chi connectivity index (χ2n) is 7.66. The number of methoxy groups -OCH3 is 1. The molecule has 0 aromatic heterocycles. The van der Waals surface area contributed by atoms with Crippen LogP contribution in [-0.4, -0.2) is 51.3 Å². The number of benzene rings is 2. The fourth-order valence-electron chi connectivity index (χ4n) is 4.44. The Morgan fingerprint density at radius 2 is 1.74 bits per heavy atom. The van der Waals surface area contributed by atoms with Crippen molar-refractivity contribution in [2.75, 3.05) is 56.6 Å². The Labute approximate surface area is 163 Å². The first kappa shape index (κ1) is 18.2. The van der Waals surface area contributed by atoms with Crippen molar-refractivity contribution in [3.63, 3.8) is 0 Å². The van der Waals surface area contributed by atoms with Crippen molar-refractivity contribution in [1.82, 2.24) is 4.90 Å². The van der Waals surface area contributed by atoms with E-state index in [1.54, 1.807) is 7.11 Å². The molecule has 27 heavy (non-hydrogen) atoms. The molecular weight excluding hydrogens is 334 g/mol. The molecule has 0 spiro atoms. The van der Waals surface area contributed by atoms with Crippen molar-refractivity contribution in [1.29, 1.82) is 0 Å². The quantitative estimate of drug-likeness (QED) is 0.745. The van der Waals surface area contributed by atoms with Crippen LogP contribution >= 0.6 is 0 Å². The van der Waals surface area contributed by atoms with Crippen molar-refractivity contribution in [2.24, 2.45) is 0 Å². The number of fused-ring (bicyclic) bond motifs is 1. The summed E-state index contributed by atoms with van der Waals surface area (Å²) in [4.78, 5) is 5.07. The third-order valence-corrected chi connectivity index (χ3v) is 6.01. The average Bonchev–Trinajstić information content (AvgIpc) is 3.15. The monoisotopic (exact) mass is 365 g/mol. The van der Waals surface area contributed by atoms with Gasteiger partial charge in [0.2, 0.25) is 0 Å². The predicted octanol–water partition coefficient (Wildman–Crippen LogP) is 4.20. The Bertz CT molecular complexity index is 740. The Balaban J connectivity index is 1.18. The second-order valence-corrected chi connectivity index (χ2v) is 7.66. The van der Waals surface area contributed by atoms with Gasteiger partial charge in [0.25, 0.3) is 0 Å². The molecule has 4 heteroatoms. The summed E-state index contributed by atoms with van der Waals surface area (Å²) in [5, 5.41) is 3.54. The minimum absolute atomic E-state index is 0.698. The number of para-hydroxylation sites is 3. The molecule has 2 aliphatic heterocycles. The van der Waals surface area contributed by atoms with E-state index in [1.165, 1.54) is 42.7 Å². The van der Waals surface area contributed by atoms with Gasteiger partial charge in [0, 0.05) is 44.3 Å². The summed E-state index contributed by atoms with van der Waals surface area (Å²) >= 11 is 0. The van der Waals surface area contributed by atoms with Crippen LogP contribution in [0.5, 0.6) is 5.75 Å². The van der Waals surface area contributed by atoms with E-state index in [9.17, 15) is 0 Å². The van der Waals surface area contributed by atoms with Crippen molar-refractivity contribution in [3.8, 4) is 5.75 Å². The first-order valence-electron chi connectivity index (χ1n) is 10.3. The van der Waals surface area contributed by atoms with Crippen molar-refractivity contribution < 1.29 is 4.74 Å². The number of hydrogen-bond donors (Lipinski definition) is 1. The number of nitrogens with zero attached hydrogens (tertiary/aromatic N) is 2. The smallest absolute Gasteiger partial charge is 0.142 e. The summed E-state index contributed by atoms with van der Waals surface area (Å²) in [6, 6.07) is 17.1. The number of ether oxygens (including phenoxy) is 1. The van der Waals surface area contributed by atoms with Crippen LogP contribution in [0.4, 0.5) is 11.4 Å². The number of unbranched alkanes of at least 4 members (excludes halogenated alkanes) is 1. The zero-order chi connectivity index (χ0) is 18.5. The Hall–Kier alpha value is -2.20. The van der Waals surface area contributed by atoms with Crippen LogP contribution in [0.3, 0.4) is 0 Å². The van der Waals surface area contributed by atoms with Crippen molar-refractivity contribution in [3.05, 3.63) is 54.1 Å². The number of hydrogen-bond acceptors (Lipinski definition) is 4. The van der Waals surface area contributed by atoms with Crippen molar-refractivity contribution in [2.45, 2.75) is 25.2 Å². The molecule has 1 N–H and O–H groups in total. The minimum atomic E-state index is 0.698. The summed E-state index contributed by atoms with van der Waals surface area (Å²) in [5.41, 5.74) is 4.09. The molecule has 1 fully saturated rings. The Morgan fingerprint density at radius 1 is 0.963 bits per heavy atom. The third-order valence-electron chi connectivity index (χ3n) is 6.01. The van der Waals surface area contributed by atoms with Gasteiger partial charge >= 0.3 is 0 Å². The van der Waals surface area contributed by atoms with Crippen molar-refractivity contribution >= 4 is 11.4 Å². The maximum atomic E-state index is 5.52. The van der Waals surface area contributed by atoms with E-state index in [0.717, 1.165) is 38.5 Å². The zero-order valence-corrected chi connectivity index (χ0v) is 16.4. The average molecular weight is 366 g/mol. The summed E-state index contributed by atoms with van der Waals surface area (Å²) in [6.45, 7) is 6.79. The molecule has 2 aromatic rings. The van der Waals surface area contributed by atoms with Gasteiger partial charge in [-0.2, -0.15) is 0 Å². The fourth-order valence-corrected chi connectivity index (χ4v) is 4.44. The highest BCUT2D eigenvalue weighted by atomic mass is 16.5. The van der Waals surface area contributed by atoms with E-state index in [0.29, 0.717) is 5.92 Å². The molecular formula is C23H31N3O. The lowest BCUT2D eigenvalue weighted by Crippen LogP contribution is -2.46. The van der Waals surface area contributed by atoms with Gasteiger partial charge in [-0.15, -0.1) is 0 Å². The van der Waals surface area contributed by atoms with Crippen LogP contribution in [0.2, 0.25) is 0 Å². The van der Waals surface area contributed by atoms with Gasteiger partial charge in [0.1, 0.15) is 5.75 Å². The summed E-state index contributed by atoms with van der Waals surface area (Å²) < 4.78 is 5.52. The van der Waals surface area contributed by atoms with E-state index in [4.69, 9.17) is 4.74 Å². The molecule has 0 aliphatic carbocycles. The van der Waals surface area contributed by atoms with Gasteiger partial charge in [0.15, 0.2) is 0 Å². The standard InChI is InChI=1S/C23H31N3O/c1-27-23-12-5-4-11-22(23)26-16-14-25(15-17-26)13-7-6-8-19-18-24-21-10-3-2-9-20(19)21/h2-5,9-12,19,24H,6-8,13-18H2,1H3. The van der Waals surface area contributed by atoms with Crippen LogP contribution in [0.25, 0.3) is 0 Å². The third kappa shape index (κ3) is 4.22. The normalized spacial score (nSPS) is 19.6. The van der Waals surface area contributed by atoms with Crippen LogP contribution < -0.4 is 15.0 Å². The molecule has 0 bridgehead atoms. The lowest BCUT2D eigenvalue weighted by Gasteiger charge is -2.36. The fraction of sp³-hybridized carbons (Fsp3) is 0.478. The minimum Gasteiger partial charge on any atom is -0.495 e. The predicted molar refractivity (Wildman–Crippen MR) is 113 cm³/mol. The highest BCUT2D eigenvalue weighted by Gasteiger charge is 2.22. The topological polar surface area (TPSA) is 27.7 Å². The first-order chi connectivity index (χ1) is 13.3. The van der Waals surface area contributed by atoms with Crippen LogP contribution in [-0.2, 0) is 0 Å². The highest BCUT2D eigenvalue weighted by molar-refractivity contribution is 5.59. The molecule has 0 amide bonds. The molecule has 2 heterocycles. The summed E-state index contributed by atoms with van der Waals surface area (Å²) in [5.74, 6) is 1.68. The molecule has 0 radical (unpaired) electrons. The molecule has 0 saturated carbocycles. The van der Waals surface area contributed by atoms with Crippen LogP contribution in [0, 0.1) is 0 Å². The summed E-state index contributed by atoms with van der Waals surface area (Å²) in [6.07, 6.45) is 3.91. The van der Waals surface area contributed by atoms with Crippen LogP contribution in [0.15, 0.2) is 48.5 Å². The molecule has 1 atom stereocenters.